The number of nitrogens with zero attached hydrogens (tertiary/aromatic N) is 1. The molecular formula is C23H50ClNO. The molecule has 0 heterocycles. The molecular weight excluding hydrogens is 342 g/mol. The van der Waals surface area contributed by atoms with Gasteiger partial charge in [0.15, 0.2) is 0 Å². The predicted octanol–water partition coefficient (Wildman–Crippen LogP) is 3.97. The lowest BCUT2D eigenvalue weighted by Crippen LogP contribution is -3.00. The van der Waals surface area contributed by atoms with Crippen LogP contribution in [0.2, 0.25) is 0 Å². The van der Waals surface area contributed by atoms with Crippen molar-refractivity contribution in [3.05, 3.63) is 0 Å². The van der Waals surface area contributed by atoms with Crippen LogP contribution in [0.15, 0.2) is 0 Å². The summed E-state index contributed by atoms with van der Waals surface area (Å²) in [6, 6.07) is 0. The molecule has 0 rings (SSSR count). The van der Waals surface area contributed by atoms with Crippen molar-refractivity contribution in [2.24, 2.45) is 0 Å². The molecule has 0 amide bonds. The third-order valence-corrected chi connectivity index (χ3v) is 5.05. The fraction of sp³-hybridized carbons (Fsp3) is 1.00. The van der Waals surface area contributed by atoms with Crippen molar-refractivity contribution in [1.29, 1.82) is 0 Å². The van der Waals surface area contributed by atoms with Crippen molar-refractivity contribution in [2.75, 3.05) is 40.9 Å². The minimum atomic E-state index is 0. The van der Waals surface area contributed by atoms with Gasteiger partial charge >= 0.3 is 0 Å². The summed E-state index contributed by atoms with van der Waals surface area (Å²) < 4.78 is 6.71. The zero-order valence-corrected chi connectivity index (χ0v) is 19.4. The van der Waals surface area contributed by atoms with Crippen molar-refractivity contribution in [3.63, 3.8) is 0 Å². The molecule has 0 N–H and O–H groups in total. The first-order valence-corrected chi connectivity index (χ1v) is 11.4. The van der Waals surface area contributed by atoms with Gasteiger partial charge in [0.05, 0.1) is 27.7 Å². The lowest BCUT2D eigenvalue weighted by atomic mass is 10.0. The number of halogens is 1. The van der Waals surface area contributed by atoms with Crippen LogP contribution in [0.25, 0.3) is 0 Å². The summed E-state index contributed by atoms with van der Waals surface area (Å²) in [5.74, 6) is 0. The van der Waals surface area contributed by atoms with Gasteiger partial charge in [-0.15, -0.1) is 0 Å². The van der Waals surface area contributed by atoms with Crippen LogP contribution < -0.4 is 12.4 Å². The molecule has 2 nitrogen and oxygen atoms in total. The molecule has 0 saturated carbocycles. The van der Waals surface area contributed by atoms with Gasteiger partial charge in [-0.25, -0.2) is 0 Å². The molecule has 0 unspecified atom stereocenters. The maximum absolute atomic E-state index is 5.71. The van der Waals surface area contributed by atoms with E-state index in [2.05, 4.69) is 28.1 Å². The first-order chi connectivity index (χ1) is 12.1. The minimum absolute atomic E-state index is 0. The Morgan fingerprint density at radius 2 is 0.846 bits per heavy atom. The summed E-state index contributed by atoms with van der Waals surface area (Å²) in [6.45, 7) is 5.27. The van der Waals surface area contributed by atoms with Crippen molar-refractivity contribution in [1.82, 2.24) is 0 Å². The highest BCUT2D eigenvalue weighted by atomic mass is 35.5. The highest BCUT2D eigenvalue weighted by molar-refractivity contribution is 4.50. The van der Waals surface area contributed by atoms with Gasteiger partial charge in [0.2, 0.25) is 0 Å². The molecule has 0 spiro atoms. The number of hydrogen-bond donors (Lipinski definition) is 0. The van der Waals surface area contributed by atoms with Crippen molar-refractivity contribution < 1.29 is 21.6 Å². The van der Waals surface area contributed by atoms with Gasteiger partial charge in [0.25, 0.3) is 0 Å². The molecule has 0 aliphatic carbocycles. The molecule has 0 aromatic rings. The summed E-state index contributed by atoms with van der Waals surface area (Å²) in [4.78, 5) is 0. The lowest BCUT2D eigenvalue weighted by Gasteiger charge is -2.23. The Labute approximate surface area is 172 Å². The van der Waals surface area contributed by atoms with Crippen molar-refractivity contribution in [2.45, 2.75) is 110 Å². The Hall–Kier alpha value is 0.210. The molecule has 0 aliphatic heterocycles. The molecule has 0 aromatic carbocycles. The normalized spacial score (nSPS) is 11.5. The van der Waals surface area contributed by atoms with Crippen LogP contribution in [-0.2, 0) is 4.74 Å². The Bertz CT molecular complexity index is 253. The smallest absolute Gasteiger partial charge is 0.102 e. The lowest BCUT2D eigenvalue weighted by molar-refractivity contribution is -0.870. The summed E-state index contributed by atoms with van der Waals surface area (Å²) >= 11 is 0. The Morgan fingerprint density at radius 1 is 0.500 bits per heavy atom. The molecule has 0 atom stereocenters. The molecule has 0 aromatic heterocycles. The number of rotatable bonds is 20. The van der Waals surface area contributed by atoms with Gasteiger partial charge in [-0.05, 0) is 6.42 Å². The van der Waals surface area contributed by atoms with Gasteiger partial charge in [-0.2, -0.15) is 0 Å². The molecule has 26 heavy (non-hydrogen) atoms. The van der Waals surface area contributed by atoms with Gasteiger partial charge < -0.3 is 21.6 Å². The summed E-state index contributed by atoms with van der Waals surface area (Å²) in [6.07, 6.45) is 22.9. The van der Waals surface area contributed by atoms with E-state index in [1.165, 1.54) is 103 Å². The van der Waals surface area contributed by atoms with E-state index < -0.39 is 0 Å². The highest BCUT2D eigenvalue weighted by Crippen LogP contribution is 2.13. The summed E-state index contributed by atoms with van der Waals surface area (Å²) in [7, 11) is 6.66. The second-order valence-electron chi connectivity index (χ2n) is 8.93. The first kappa shape index (κ1) is 28.4. The van der Waals surface area contributed by atoms with E-state index in [1.807, 2.05) is 0 Å². The second-order valence-corrected chi connectivity index (χ2v) is 8.93. The zero-order chi connectivity index (χ0) is 18.6. The Kier molecular flexibility index (Phi) is 23.5. The van der Waals surface area contributed by atoms with Gasteiger partial charge in [0.1, 0.15) is 6.54 Å². The fourth-order valence-electron chi connectivity index (χ4n) is 3.19. The largest absolute Gasteiger partial charge is 1.00 e. The van der Waals surface area contributed by atoms with Crippen LogP contribution in [-0.4, -0.2) is 45.4 Å². The minimum Gasteiger partial charge on any atom is -1.00 e. The second kappa shape index (κ2) is 21.5. The Balaban J connectivity index is 0. The standard InChI is InChI=1S/C23H50NO.ClH/c1-5-6-7-8-9-10-11-12-13-14-15-16-17-18-19-20-22-25-23-21-24(2,3)4;/h5-23H2,1-4H3;1H/q+1;/p-1. The quantitative estimate of drug-likeness (QED) is 0.225. The van der Waals surface area contributed by atoms with E-state index in [0.717, 1.165) is 24.2 Å². The highest BCUT2D eigenvalue weighted by Gasteiger charge is 2.05. The molecule has 160 valence electrons. The average molecular weight is 392 g/mol. The van der Waals surface area contributed by atoms with E-state index in [4.69, 9.17) is 4.74 Å². The Morgan fingerprint density at radius 3 is 1.19 bits per heavy atom. The zero-order valence-electron chi connectivity index (χ0n) is 18.7. The van der Waals surface area contributed by atoms with Crippen LogP contribution in [0.4, 0.5) is 0 Å². The van der Waals surface area contributed by atoms with E-state index >= 15 is 0 Å². The maximum Gasteiger partial charge on any atom is 0.102 e. The fourth-order valence-corrected chi connectivity index (χ4v) is 3.19. The number of quaternary nitrogens is 1. The van der Waals surface area contributed by atoms with Gasteiger partial charge in [0, 0.05) is 6.61 Å². The van der Waals surface area contributed by atoms with Crippen LogP contribution in [0.1, 0.15) is 110 Å². The van der Waals surface area contributed by atoms with Crippen molar-refractivity contribution in [3.8, 4) is 0 Å². The molecule has 0 fully saturated rings. The summed E-state index contributed by atoms with van der Waals surface area (Å²) in [5, 5.41) is 0. The molecule has 3 heteroatoms. The van der Waals surface area contributed by atoms with Gasteiger partial charge in [-0.1, -0.05) is 103 Å². The van der Waals surface area contributed by atoms with Crippen LogP contribution in [0, 0.1) is 0 Å². The number of ether oxygens (including phenoxy) is 1. The number of likely N-dealkylation sites (N-methyl/N-ethyl adjacent to an activating group) is 1. The topological polar surface area (TPSA) is 9.23 Å². The third-order valence-electron chi connectivity index (χ3n) is 5.05. The van der Waals surface area contributed by atoms with Crippen LogP contribution in [0.3, 0.4) is 0 Å². The first-order valence-electron chi connectivity index (χ1n) is 11.4. The molecule has 0 bridgehead atoms. The number of unbranched alkanes of at least 4 members (excludes halogenated alkanes) is 15. The monoisotopic (exact) mass is 391 g/mol. The SMILES string of the molecule is CCCCCCCCCCCCCCCCCCOCC[N+](C)(C)C.[Cl-]. The molecule has 0 radical (unpaired) electrons. The van der Waals surface area contributed by atoms with Crippen LogP contribution in [0.5, 0.6) is 0 Å². The molecule has 0 saturated heterocycles. The van der Waals surface area contributed by atoms with Gasteiger partial charge in [-0.3, -0.25) is 0 Å². The van der Waals surface area contributed by atoms with E-state index in [0.29, 0.717) is 0 Å². The summed E-state index contributed by atoms with van der Waals surface area (Å²) in [5.41, 5.74) is 0. The van der Waals surface area contributed by atoms with Crippen molar-refractivity contribution >= 4 is 0 Å². The predicted molar refractivity (Wildman–Crippen MR) is 113 cm³/mol. The number of hydrogen-bond acceptors (Lipinski definition) is 1. The third kappa shape index (κ3) is 26.4. The van der Waals surface area contributed by atoms with E-state index in [9.17, 15) is 0 Å². The maximum atomic E-state index is 5.71. The molecule has 0 aliphatic rings. The van der Waals surface area contributed by atoms with Crippen LogP contribution >= 0.6 is 0 Å². The average Bonchev–Trinajstić information content (AvgIpc) is 2.56. The van der Waals surface area contributed by atoms with E-state index in [-0.39, 0.29) is 12.4 Å². The van der Waals surface area contributed by atoms with E-state index in [1.54, 1.807) is 0 Å².